The second-order valence-electron chi connectivity index (χ2n) is 7.35. The van der Waals surface area contributed by atoms with E-state index in [2.05, 4.69) is 10.1 Å². The van der Waals surface area contributed by atoms with E-state index in [1.165, 1.54) is 24.3 Å². The molecule has 0 fully saturated rings. The molecule has 2 N–H and O–H groups in total. The predicted octanol–water partition coefficient (Wildman–Crippen LogP) is 2.81. The molecule has 0 amide bonds. The van der Waals surface area contributed by atoms with Crippen LogP contribution in [0, 0.1) is 0 Å². The fourth-order valence-corrected chi connectivity index (χ4v) is 5.38. The molecule has 0 spiro atoms. The van der Waals surface area contributed by atoms with Gasteiger partial charge in [-0.25, -0.2) is 13.2 Å². The van der Waals surface area contributed by atoms with Crippen molar-refractivity contribution in [3.05, 3.63) is 98.3 Å². The Balaban J connectivity index is 1.70. The van der Waals surface area contributed by atoms with E-state index in [-0.39, 0.29) is 30.4 Å². The number of nitrogens with zero attached hydrogens (tertiary/aromatic N) is 3. The molecule has 0 aliphatic heterocycles. The number of sulfone groups is 1. The van der Waals surface area contributed by atoms with Crippen LogP contribution in [0.15, 0.2) is 86.2 Å². The van der Waals surface area contributed by atoms with Gasteiger partial charge in [0.25, 0.3) is 5.56 Å². The molecule has 5 aromatic rings. The highest BCUT2D eigenvalue weighted by molar-refractivity contribution is 7.91. The van der Waals surface area contributed by atoms with Crippen LogP contribution in [-0.4, -0.2) is 33.1 Å². The lowest BCUT2D eigenvalue weighted by Crippen LogP contribution is -2.33. The molecule has 3 aromatic carbocycles. The number of nitrogens with one attached hydrogen (secondary N) is 1. The van der Waals surface area contributed by atoms with Crippen molar-refractivity contribution in [1.82, 2.24) is 19.5 Å². The lowest BCUT2D eigenvalue weighted by atomic mass is 10.2. The number of aromatic amines is 1. The Morgan fingerprint density at radius 2 is 1.79 bits per heavy atom. The van der Waals surface area contributed by atoms with Gasteiger partial charge in [-0.3, -0.25) is 9.48 Å². The zero-order valence-electron chi connectivity index (χ0n) is 16.8. The van der Waals surface area contributed by atoms with E-state index in [4.69, 9.17) is 11.6 Å². The van der Waals surface area contributed by atoms with Crippen molar-refractivity contribution in [1.29, 1.82) is 0 Å². The molecule has 0 saturated carbocycles. The summed E-state index contributed by atoms with van der Waals surface area (Å²) >= 11 is 6.06. The number of fused-ring (bicyclic) bond motifs is 2. The molecule has 0 aliphatic carbocycles. The molecule has 166 valence electrons. The summed E-state index contributed by atoms with van der Waals surface area (Å²) in [7, 11) is -4.19. The summed E-state index contributed by atoms with van der Waals surface area (Å²) in [6.07, 6.45) is 1.65. The van der Waals surface area contributed by atoms with Gasteiger partial charge < -0.3 is 10.2 Å². The van der Waals surface area contributed by atoms with Crippen molar-refractivity contribution in [2.75, 3.05) is 0 Å². The van der Waals surface area contributed by atoms with Crippen LogP contribution in [0.25, 0.3) is 21.8 Å². The van der Waals surface area contributed by atoms with Crippen molar-refractivity contribution < 1.29 is 13.6 Å². The smallest absolute Gasteiger partial charge is 0.362 e. The molecule has 33 heavy (non-hydrogen) atoms. The second kappa shape index (κ2) is 7.61. The van der Waals surface area contributed by atoms with E-state index < -0.39 is 21.1 Å². The minimum Gasteiger partial charge on any atom is -0.421 e. The molecular weight excluding hydrogens is 468 g/mol. The van der Waals surface area contributed by atoms with Crippen LogP contribution in [0.4, 0.5) is 0 Å². The van der Waals surface area contributed by atoms with Crippen LogP contribution in [0.3, 0.4) is 0 Å². The standard InChI is InChI=1S/C22H15ClN4O5S/c23-16-8-9-18(20-19(16)21(28)27(30)22(29)25-20)33(31,32)15-7-6-14-11-24-26(17(14)10-15)12-13-4-2-1-3-5-13/h1-11,30H,12H2,(H,25,29). The summed E-state index contributed by atoms with van der Waals surface area (Å²) in [5, 5.41) is 14.3. The largest absolute Gasteiger partial charge is 0.421 e. The van der Waals surface area contributed by atoms with Crippen LogP contribution in [0.1, 0.15) is 5.56 Å². The first-order valence-electron chi connectivity index (χ1n) is 9.69. The highest BCUT2D eigenvalue weighted by atomic mass is 35.5. The Morgan fingerprint density at radius 1 is 1.03 bits per heavy atom. The van der Waals surface area contributed by atoms with Crippen molar-refractivity contribution in [3.8, 4) is 0 Å². The van der Waals surface area contributed by atoms with E-state index in [1.807, 2.05) is 30.3 Å². The summed E-state index contributed by atoms with van der Waals surface area (Å²) in [6.45, 7) is 0.446. The second-order valence-corrected chi connectivity index (χ2v) is 9.68. The van der Waals surface area contributed by atoms with Gasteiger partial charge in [0, 0.05) is 5.39 Å². The van der Waals surface area contributed by atoms with Crippen molar-refractivity contribution in [2.24, 2.45) is 0 Å². The predicted molar refractivity (Wildman–Crippen MR) is 122 cm³/mol. The molecule has 0 unspecified atom stereocenters. The number of aromatic nitrogens is 4. The van der Waals surface area contributed by atoms with Gasteiger partial charge in [-0.05, 0) is 35.9 Å². The molecule has 5 rings (SSSR count). The van der Waals surface area contributed by atoms with Crippen LogP contribution in [0.2, 0.25) is 5.02 Å². The molecule has 0 radical (unpaired) electrons. The third-order valence-corrected chi connectivity index (χ3v) is 7.45. The van der Waals surface area contributed by atoms with Gasteiger partial charge >= 0.3 is 5.69 Å². The number of H-pyrrole nitrogens is 1. The highest BCUT2D eigenvalue weighted by Crippen LogP contribution is 2.30. The van der Waals surface area contributed by atoms with Crippen LogP contribution >= 0.6 is 11.6 Å². The van der Waals surface area contributed by atoms with Crippen LogP contribution < -0.4 is 11.2 Å². The number of rotatable bonds is 4. The molecule has 0 saturated heterocycles. The van der Waals surface area contributed by atoms with Gasteiger partial charge in [-0.2, -0.15) is 5.10 Å². The first-order chi connectivity index (χ1) is 15.8. The van der Waals surface area contributed by atoms with Gasteiger partial charge in [-0.15, -0.1) is 0 Å². The van der Waals surface area contributed by atoms with E-state index in [9.17, 15) is 23.2 Å². The third kappa shape index (κ3) is 3.40. The minimum absolute atomic E-state index is 0.0533. The average molecular weight is 483 g/mol. The van der Waals surface area contributed by atoms with E-state index >= 15 is 0 Å². The highest BCUT2D eigenvalue weighted by Gasteiger charge is 2.25. The SMILES string of the molecule is O=c1[nH]c2c(S(=O)(=O)c3ccc4cnn(Cc5ccccc5)c4c3)ccc(Cl)c2c(=O)n1O. The lowest BCUT2D eigenvalue weighted by Gasteiger charge is -2.10. The minimum atomic E-state index is -4.19. The third-order valence-electron chi connectivity index (χ3n) is 5.34. The summed E-state index contributed by atoms with van der Waals surface area (Å²) in [6, 6.07) is 16.6. The topological polar surface area (TPSA) is 127 Å². The Bertz CT molecular complexity index is 1770. The lowest BCUT2D eigenvalue weighted by molar-refractivity contribution is 0.162. The van der Waals surface area contributed by atoms with Gasteiger partial charge in [0.05, 0.1) is 44.0 Å². The molecule has 11 heteroatoms. The first kappa shape index (κ1) is 21.0. The van der Waals surface area contributed by atoms with Crippen molar-refractivity contribution in [3.63, 3.8) is 0 Å². The normalized spacial score (nSPS) is 11.9. The number of halogens is 1. The summed E-state index contributed by atoms with van der Waals surface area (Å²) in [5.74, 6) is 0. The zero-order chi connectivity index (χ0) is 23.3. The zero-order valence-corrected chi connectivity index (χ0v) is 18.3. The summed E-state index contributed by atoms with van der Waals surface area (Å²) in [4.78, 5) is 26.2. The number of hydrogen-bond donors (Lipinski definition) is 2. The van der Waals surface area contributed by atoms with Crippen LogP contribution in [-0.2, 0) is 16.4 Å². The van der Waals surface area contributed by atoms with Gasteiger partial charge in [0.2, 0.25) is 9.84 Å². The maximum absolute atomic E-state index is 13.5. The molecule has 0 aliphatic rings. The number of hydrogen-bond acceptors (Lipinski definition) is 6. The summed E-state index contributed by atoms with van der Waals surface area (Å²) in [5.41, 5.74) is -0.975. The molecular formula is C22H15ClN4O5S. The van der Waals surface area contributed by atoms with E-state index in [1.54, 1.807) is 16.9 Å². The molecule has 9 nitrogen and oxygen atoms in total. The monoisotopic (exact) mass is 482 g/mol. The van der Waals surface area contributed by atoms with Crippen LogP contribution in [0.5, 0.6) is 0 Å². The van der Waals surface area contributed by atoms with Crippen molar-refractivity contribution in [2.45, 2.75) is 16.3 Å². The Kier molecular flexibility index (Phi) is 4.84. The fourth-order valence-electron chi connectivity index (χ4n) is 3.70. The van der Waals surface area contributed by atoms with E-state index in [0.717, 1.165) is 10.9 Å². The quantitative estimate of drug-likeness (QED) is 0.379. The van der Waals surface area contributed by atoms with Gasteiger partial charge in [0.15, 0.2) is 0 Å². The number of benzene rings is 3. The van der Waals surface area contributed by atoms with Gasteiger partial charge in [0.1, 0.15) is 0 Å². The maximum Gasteiger partial charge on any atom is 0.362 e. The Morgan fingerprint density at radius 3 is 2.55 bits per heavy atom. The average Bonchev–Trinajstić information content (AvgIpc) is 3.20. The molecule has 0 bridgehead atoms. The van der Waals surface area contributed by atoms with E-state index in [0.29, 0.717) is 12.1 Å². The first-order valence-corrected chi connectivity index (χ1v) is 11.5. The summed E-state index contributed by atoms with van der Waals surface area (Å²) < 4.78 is 28.6. The molecule has 2 aromatic heterocycles. The van der Waals surface area contributed by atoms with Gasteiger partial charge in [-0.1, -0.05) is 46.7 Å². The maximum atomic E-state index is 13.5. The fraction of sp³-hybridized carbons (Fsp3) is 0.0455. The molecule has 0 atom stereocenters. The Labute approximate surface area is 191 Å². The van der Waals surface area contributed by atoms with Crippen molar-refractivity contribution >= 4 is 43.2 Å². The molecule has 2 heterocycles. The Hall–Kier alpha value is -3.89.